The summed E-state index contributed by atoms with van der Waals surface area (Å²) < 4.78 is 13.5. The van der Waals surface area contributed by atoms with Gasteiger partial charge in [-0.15, -0.1) is 0 Å². The van der Waals surface area contributed by atoms with Crippen molar-refractivity contribution in [2.75, 3.05) is 24.7 Å². The fourth-order valence-corrected chi connectivity index (χ4v) is 2.78. The minimum atomic E-state index is -0.337. The summed E-state index contributed by atoms with van der Waals surface area (Å²) in [6, 6.07) is 4.11. The molecule has 3 nitrogen and oxygen atoms in total. The van der Waals surface area contributed by atoms with Gasteiger partial charge in [-0.25, -0.2) is 4.39 Å². The third-order valence-corrected chi connectivity index (χ3v) is 4.12. The van der Waals surface area contributed by atoms with Crippen molar-refractivity contribution in [3.8, 4) is 0 Å². The summed E-state index contributed by atoms with van der Waals surface area (Å²) in [5.74, 6) is 1.18. The number of nitrogens with one attached hydrogen (secondary N) is 1. The van der Waals surface area contributed by atoms with E-state index in [1.807, 2.05) is 22.6 Å². The lowest BCUT2D eigenvalue weighted by Gasteiger charge is -2.06. The van der Waals surface area contributed by atoms with Crippen molar-refractivity contribution in [1.82, 2.24) is 5.32 Å². The molecular formula is C12H15FINO2S. The molecule has 0 aromatic heterocycles. The van der Waals surface area contributed by atoms with E-state index in [9.17, 15) is 9.18 Å². The summed E-state index contributed by atoms with van der Waals surface area (Å²) in [4.78, 5) is 11.8. The highest BCUT2D eigenvalue weighted by molar-refractivity contribution is 14.1. The number of thioether (sulfide) groups is 1. The van der Waals surface area contributed by atoms with Gasteiger partial charge in [0.05, 0.1) is 5.56 Å². The molecule has 18 heavy (non-hydrogen) atoms. The Kier molecular flexibility index (Phi) is 7.60. The van der Waals surface area contributed by atoms with Gasteiger partial charge in [-0.05, 0) is 53.0 Å². The molecule has 0 spiro atoms. The van der Waals surface area contributed by atoms with Crippen LogP contribution >= 0.6 is 34.4 Å². The fourth-order valence-electron chi connectivity index (χ4n) is 1.27. The summed E-state index contributed by atoms with van der Waals surface area (Å²) in [5.41, 5.74) is 0.498. The molecule has 0 saturated carbocycles. The maximum Gasteiger partial charge on any atom is 0.252 e. The Morgan fingerprint density at radius 3 is 2.89 bits per heavy atom. The predicted molar refractivity (Wildman–Crippen MR) is 80.5 cm³/mol. The van der Waals surface area contributed by atoms with Crippen molar-refractivity contribution in [1.29, 1.82) is 0 Å². The molecule has 2 N–H and O–H groups in total. The van der Waals surface area contributed by atoms with Crippen molar-refractivity contribution in [2.24, 2.45) is 0 Å². The number of hydrogen-bond acceptors (Lipinski definition) is 3. The van der Waals surface area contributed by atoms with E-state index in [1.54, 1.807) is 11.8 Å². The van der Waals surface area contributed by atoms with Gasteiger partial charge < -0.3 is 10.4 Å². The van der Waals surface area contributed by atoms with Gasteiger partial charge in [-0.3, -0.25) is 4.79 Å². The first-order valence-corrected chi connectivity index (χ1v) is 7.80. The number of rotatable bonds is 7. The van der Waals surface area contributed by atoms with Crippen molar-refractivity contribution in [2.45, 2.75) is 6.42 Å². The molecule has 0 fully saturated rings. The molecule has 0 saturated heterocycles. The Labute approximate surface area is 124 Å². The Morgan fingerprint density at radius 1 is 1.44 bits per heavy atom. The van der Waals surface area contributed by atoms with E-state index in [4.69, 9.17) is 5.11 Å². The largest absolute Gasteiger partial charge is 0.396 e. The number of aliphatic hydroxyl groups is 1. The maximum absolute atomic E-state index is 12.9. The molecule has 1 aromatic rings. The predicted octanol–water partition coefficient (Wildman–Crippen LogP) is 2.28. The molecule has 1 rings (SSSR count). The number of benzene rings is 1. The first-order valence-electron chi connectivity index (χ1n) is 5.57. The Morgan fingerprint density at radius 2 is 2.22 bits per heavy atom. The number of carbonyl (C=O) groups is 1. The van der Waals surface area contributed by atoms with Gasteiger partial charge >= 0.3 is 0 Å². The van der Waals surface area contributed by atoms with E-state index >= 15 is 0 Å². The van der Waals surface area contributed by atoms with Crippen LogP contribution in [0.3, 0.4) is 0 Å². The summed E-state index contributed by atoms with van der Waals surface area (Å²) in [6.45, 7) is 0.773. The van der Waals surface area contributed by atoms with Gasteiger partial charge in [0, 0.05) is 22.5 Å². The van der Waals surface area contributed by atoms with Crippen molar-refractivity contribution < 1.29 is 14.3 Å². The average Bonchev–Trinajstić information content (AvgIpc) is 2.33. The highest BCUT2D eigenvalue weighted by Gasteiger charge is 2.09. The number of hydrogen-bond donors (Lipinski definition) is 2. The average molecular weight is 383 g/mol. The number of aliphatic hydroxyl groups excluding tert-OH is 1. The molecule has 1 amide bonds. The van der Waals surface area contributed by atoms with Crippen molar-refractivity contribution in [3.63, 3.8) is 0 Å². The highest BCUT2D eigenvalue weighted by atomic mass is 127. The number of carbonyl (C=O) groups excluding carboxylic acids is 1. The maximum atomic E-state index is 12.9. The zero-order valence-corrected chi connectivity index (χ0v) is 12.8. The summed E-state index contributed by atoms with van der Waals surface area (Å²) in [7, 11) is 0. The molecule has 6 heteroatoms. The van der Waals surface area contributed by atoms with E-state index in [1.165, 1.54) is 18.2 Å². The van der Waals surface area contributed by atoms with Crippen LogP contribution in [0.5, 0.6) is 0 Å². The summed E-state index contributed by atoms with van der Waals surface area (Å²) in [6.07, 6.45) is 0.772. The van der Waals surface area contributed by atoms with Crippen LogP contribution in [0, 0.1) is 9.39 Å². The van der Waals surface area contributed by atoms with E-state index in [2.05, 4.69) is 5.32 Å². The lowest BCUT2D eigenvalue weighted by molar-refractivity contribution is 0.0955. The second-order valence-electron chi connectivity index (χ2n) is 3.57. The van der Waals surface area contributed by atoms with Gasteiger partial charge in [-0.1, -0.05) is 0 Å². The van der Waals surface area contributed by atoms with Crippen molar-refractivity contribution in [3.05, 3.63) is 33.1 Å². The monoisotopic (exact) mass is 383 g/mol. The lowest BCUT2D eigenvalue weighted by atomic mass is 10.2. The van der Waals surface area contributed by atoms with Gasteiger partial charge in [0.1, 0.15) is 5.82 Å². The molecule has 0 aliphatic carbocycles. The Hall–Kier alpha value is -0.340. The minimum absolute atomic E-state index is 0.179. The summed E-state index contributed by atoms with van der Waals surface area (Å²) in [5, 5.41) is 11.4. The van der Waals surface area contributed by atoms with Gasteiger partial charge in [0.2, 0.25) is 0 Å². The SMILES string of the molecule is O=C(NCCSCCCO)c1ccc(F)cc1I. The lowest BCUT2D eigenvalue weighted by Crippen LogP contribution is -2.26. The van der Waals surface area contributed by atoms with Crippen LogP contribution in [-0.2, 0) is 0 Å². The second kappa shape index (κ2) is 8.71. The van der Waals surface area contributed by atoms with Gasteiger partial charge in [0.15, 0.2) is 0 Å². The Bertz CT molecular complexity index is 404. The van der Waals surface area contributed by atoms with Crippen LogP contribution in [0.15, 0.2) is 18.2 Å². The zero-order valence-electron chi connectivity index (χ0n) is 9.79. The van der Waals surface area contributed by atoms with Crippen LogP contribution in [0.2, 0.25) is 0 Å². The summed E-state index contributed by atoms with van der Waals surface area (Å²) >= 11 is 3.63. The molecule has 0 radical (unpaired) electrons. The van der Waals surface area contributed by atoms with E-state index < -0.39 is 0 Å². The molecule has 1 aromatic carbocycles. The molecule has 0 atom stereocenters. The van der Waals surface area contributed by atoms with Crippen LogP contribution in [0.4, 0.5) is 4.39 Å². The van der Waals surface area contributed by atoms with Crippen LogP contribution in [0.1, 0.15) is 16.8 Å². The fraction of sp³-hybridized carbons (Fsp3) is 0.417. The molecule has 0 heterocycles. The van der Waals surface area contributed by atoms with Crippen LogP contribution < -0.4 is 5.32 Å². The number of halogens is 2. The molecule has 0 aliphatic rings. The van der Waals surface area contributed by atoms with Crippen LogP contribution in [-0.4, -0.2) is 35.7 Å². The number of amides is 1. The van der Waals surface area contributed by atoms with E-state index in [-0.39, 0.29) is 18.3 Å². The molecule has 0 aliphatic heterocycles. The normalized spacial score (nSPS) is 10.4. The first kappa shape index (κ1) is 15.7. The molecule has 0 unspecified atom stereocenters. The topological polar surface area (TPSA) is 49.3 Å². The van der Waals surface area contributed by atoms with Crippen LogP contribution in [0.25, 0.3) is 0 Å². The van der Waals surface area contributed by atoms with Crippen molar-refractivity contribution >= 4 is 40.3 Å². The third kappa shape index (κ3) is 5.53. The van der Waals surface area contributed by atoms with E-state index in [0.717, 1.165) is 17.9 Å². The Balaban J connectivity index is 2.32. The highest BCUT2D eigenvalue weighted by Crippen LogP contribution is 2.13. The van der Waals surface area contributed by atoms with E-state index in [0.29, 0.717) is 15.7 Å². The smallest absolute Gasteiger partial charge is 0.252 e. The second-order valence-corrected chi connectivity index (χ2v) is 5.96. The zero-order chi connectivity index (χ0) is 13.4. The first-order chi connectivity index (χ1) is 8.65. The third-order valence-electron chi connectivity index (χ3n) is 2.15. The molecule has 0 bridgehead atoms. The minimum Gasteiger partial charge on any atom is -0.396 e. The molecular weight excluding hydrogens is 368 g/mol. The molecule has 100 valence electrons. The standard InChI is InChI=1S/C12H15FINO2S/c13-9-2-3-10(11(14)8-9)12(17)15-4-7-18-6-1-5-16/h2-3,8,16H,1,4-7H2,(H,15,17). The van der Waals surface area contributed by atoms with Gasteiger partial charge in [0.25, 0.3) is 5.91 Å². The van der Waals surface area contributed by atoms with Gasteiger partial charge in [-0.2, -0.15) is 11.8 Å². The quantitative estimate of drug-likeness (QED) is 0.561.